The SMILES string of the molecule is COc1cc(F)cc(-c2cncc3[nH]c(-c4n[nH]c5ncc(-c6cncc(N(C)C)c6)cc45)cc23)c1. The molecule has 8 nitrogen and oxygen atoms in total. The van der Waals surface area contributed by atoms with Crippen LogP contribution in [0, 0.1) is 5.82 Å². The molecule has 0 bridgehead atoms. The molecule has 6 aromatic rings. The third-order valence-corrected chi connectivity index (χ3v) is 6.21. The van der Waals surface area contributed by atoms with Crippen molar-refractivity contribution in [3.05, 3.63) is 73.2 Å². The average Bonchev–Trinajstić information content (AvgIpc) is 3.51. The summed E-state index contributed by atoms with van der Waals surface area (Å²) < 4.78 is 19.5. The Labute approximate surface area is 205 Å². The average molecular weight is 480 g/mol. The summed E-state index contributed by atoms with van der Waals surface area (Å²) in [4.78, 5) is 18.7. The zero-order chi connectivity index (χ0) is 24.8. The molecular weight excluding hydrogens is 457 g/mol. The van der Waals surface area contributed by atoms with Crippen LogP contribution in [0.3, 0.4) is 0 Å². The number of nitrogens with one attached hydrogen (secondary N) is 2. The summed E-state index contributed by atoms with van der Waals surface area (Å²) in [5, 5.41) is 9.33. The van der Waals surface area contributed by atoms with Crippen LogP contribution >= 0.6 is 0 Å². The van der Waals surface area contributed by atoms with Crippen molar-refractivity contribution in [2.24, 2.45) is 0 Å². The molecule has 36 heavy (non-hydrogen) atoms. The van der Waals surface area contributed by atoms with Gasteiger partial charge in [-0.05, 0) is 35.9 Å². The van der Waals surface area contributed by atoms with Crippen LogP contribution in [-0.2, 0) is 0 Å². The molecule has 0 saturated heterocycles. The molecule has 0 amide bonds. The summed E-state index contributed by atoms with van der Waals surface area (Å²) in [5.41, 5.74) is 7.40. The monoisotopic (exact) mass is 479 g/mol. The first-order chi connectivity index (χ1) is 17.5. The van der Waals surface area contributed by atoms with E-state index >= 15 is 0 Å². The minimum absolute atomic E-state index is 0.373. The molecule has 0 spiro atoms. The van der Waals surface area contributed by atoms with Crippen LogP contribution in [0.1, 0.15) is 0 Å². The second-order valence-electron chi connectivity index (χ2n) is 8.73. The highest BCUT2D eigenvalue weighted by molar-refractivity contribution is 6.00. The summed E-state index contributed by atoms with van der Waals surface area (Å²) in [6, 6.07) is 10.7. The molecule has 5 aromatic heterocycles. The predicted molar refractivity (Wildman–Crippen MR) is 138 cm³/mol. The van der Waals surface area contributed by atoms with Crippen LogP contribution < -0.4 is 9.64 Å². The molecule has 0 saturated carbocycles. The van der Waals surface area contributed by atoms with Gasteiger partial charge in [0, 0.05) is 66.2 Å². The maximum atomic E-state index is 14.2. The van der Waals surface area contributed by atoms with Crippen molar-refractivity contribution in [1.82, 2.24) is 30.1 Å². The molecule has 0 atom stereocenters. The van der Waals surface area contributed by atoms with Crippen LogP contribution in [0.5, 0.6) is 5.75 Å². The standard InChI is InChI=1S/C27H22FN7O/c1-35(2)19-5-16(10-29-12-19)17-7-22-26(33-34-27(22)31-11-17)24-9-21-23(13-30-14-25(21)32-24)15-4-18(28)8-20(6-15)36-3/h4-14,32H,1-3H3,(H,31,33,34). The molecule has 2 N–H and O–H groups in total. The van der Waals surface area contributed by atoms with Gasteiger partial charge in [-0.1, -0.05) is 0 Å². The number of H-pyrrole nitrogens is 2. The zero-order valence-electron chi connectivity index (χ0n) is 19.9. The maximum absolute atomic E-state index is 14.2. The molecule has 0 fully saturated rings. The summed E-state index contributed by atoms with van der Waals surface area (Å²) in [7, 11) is 5.48. The summed E-state index contributed by atoms with van der Waals surface area (Å²) in [5.74, 6) is 0.0734. The molecule has 9 heteroatoms. The highest BCUT2D eigenvalue weighted by Crippen LogP contribution is 2.35. The number of rotatable bonds is 5. The fraction of sp³-hybridized carbons (Fsp3) is 0.111. The number of anilines is 1. The van der Waals surface area contributed by atoms with Crippen LogP contribution in [0.15, 0.2) is 67.4 Å². The topological polar surface area (TPSA) is 95.6 Å². The molecule has 178 valence electrons. The van der Waals surface area contributed by atoms with Gasteiger partial charge in [-0.2, -0.15) is 5.10 Å². The lowest BCUT2D eigenvalue weighted by Crippen LogP contribution is -2.08. The van der Waals surface area contributed by atoms with Gasteiger partial charge in [0.2, 0.25) is 0 Å². The van der Waals surface area contributed by atoms with Gasteiger partial charge in [-0.25, -0.2) is 9.37 Å². The minimum Gasteiger partial charge on any atom is -0.497 e. The highest BCUT2D eigenvalue weighted by atomic mass is 19.1. The predicted octanol–water partition coefficient (Wildman–Crippen LogP) is 5.44. The van der Waals surface area contributed by atoms with Gasteiger partial charge in [-0.3, -0.25) is 15.1 Å². The Balaban J connectivity index is 1.47. The lowest BCUT2D eigenvalue weighted by molar-refractivity contribution is 0.411. The van der Waals surface area contributed by atoms with E-state index in [0.717, 1.165) is 50.1 Å². The van der Waals surface area contributed by atoms with Crippen molar-refractivity contribution in [1.29, 1.82) is 0 Å². The number of aromatic nitrogens is 6. The first-order valence-electron chi connectivity index (χ1n) is 11.3. The normalized spacial score (nSPS) is 11.3. The van der Waals surface area contributed by atoms with Gasteiger partial charge in [-0.15, -0.1) is 0 Å². The highest BCUT2D eigenvalue weighted by Gasteiger charge is 2.16. The Morgan fingerprint density at radius 1 is 0.833 bits per heavy atom. The first-order valence-corrected chi connectivity index (χ1v) is 11.3. The van der Waals surface area contributed by atoms with E-state index in [1.807, 2.05) is 43.7 Å². The van der Waals surface area contributed by atoms with E-state index in [1.54, 1.807) is 18.5 Å². The molecular formula is C27H22FN7O. The van der Waals surface area contributed by atoms with E-state index in [4.69, 9.17) is 4.74 Å². The summed E-state index contributed by atoms with van der Waals surface area (Å²) in [6.07, 6.45) is 8.93. The Bertz CT molecular complexity index is 1740. The molecule has 6 rings (SSSR count). The molecule has 0 aliphatic rings. The number of pyridine rings is 3. The van der Waals surface area contributed by atoms with E-state index in [0.29, 0.717) is 17.0 Å². The van der Waals surface area contributed by atoms with E-state index in [9.17, 15) is 4.39 Å². The van der Waals surface area contributed by atoms with Gasteiger partial charge in [0.25, 0.3) is 0 Å². The number of methoxy groups -OCH3 is 1. The Kier molecular flexibility index (Phi) is 5.10. The number of hydrogen-bond donors (Lipinski definition) is 2. The minimum atomic E-state index is -0.373. The second-order valence-corrected chi connectivity index (χ2v) is 8.73. The fourth-order valence-electron chi connectivity index (χ4n) is 4.34. The van der Waals surface area contributed by atoms with E-state index in [1.165, 1.54) is 19.2 Å². The van der Waals surface area contributed by atoms with Gasteiger partial charge >= 0.3 is 0 Å². The van der Waals surface area contributed by atoms with Crippen molar-refractivity contribution in [3.63, 3.8) is 0 Å². The second kappa shape index (κ2) is 8.46. The molecule has 5 heterocycles. The van der Waals surface area contributed by atoms with Gasteiger partial charge in [0.1, 0.15) is 17.3 Å². The number of ether oxygens (including phenoxy) is 1. The van der Waals surface area contributed by atoms with Crippen molar-refractivity contribution >= 4 is 27.6 Å². The Hall–Kier alpha value is -4.79. The number of benzene rings is 1. The Morgan fingerprint density at radius 3 is 2.50 bits per heavy atom. The van der Waals surface area contributed by atoms with E-state index in [-0.39, 0.29) is 5.82 Å². The fourth-order valence-corrected chi connectivity index (χ4v) is 4.34. The first kappa shape index (κ1) is 21.7. The smallest absolute Gasteiger partial charge is 0.155 e. The zero-order valence-corrected chi connectivity index (χ0v) is 19.9. The molecule has 0 radical (unpaired) electrons. The van der Waals surface area contributed by atoms with Crippen molar-refractivity contribution in [2.45, 2.75) is 0 Å². The maximum Gasteiger partial charge on any atom is 0.155 e. The van der Waals surface area contributed by atoms with Gasteiger partial charge in [0.15, 0.2) is 5.65 Å². The van der Waals surface area contributed by atoms with Crippen molar-refractivity contribution in [2.75, 3.05) is 26.1 Å². The molecule has 0 aliphatic heterocycles. The van der Waals surface area contributed by atoms with Crippen molar-refractivity contribution < 1.29 is 9.13 Å². The van der Waals surface area contributed by atoms with Crippen LogP contribution in [0.25, 0.3) is 55.6 Å². The lowest BCUT2D eigenvalue weighted by atomic mass is 10.0. The molecule has 1 aromatic carbocycles. The number of nitrogens with zero attached hydrogens (tertiary/aromatic N) is 5. The van der Waals surface area contributed by atoms with E-state index in [2.05, 4.69) is 42.3 Å². The lowest BCUT2D eigenvalue weighted by Gasteiger charge is -2.12. The van der Waals surface area contributed by atoms with Gasteiger partial charge in [0.05, 0.1) is 36.4 Å². The summed E-state index contributed by atoms with van der Waals surface area (Å²) in [6.45, 7) is 0. The molecule has 0 aliphatic carbocycles. The van der Waals surface area contributed by atoms with Crippen LogP contribution in [0.2, 0.25) is 0 Å². The number of aromatic amines is 2. The largest absolute Gasteiger partial charge is 0.497 e. The summed E-state index contributed by atoms with van der Waals surface area (Å²) >= 11 is 0. The number of halogens is 1. The quantitative estimate of drug-likeness (QED) is 0.342. The molecule has 0 unspecified atom stereocenters. The van der Waals surface area contributed by atoms with E-state index < -0.39 is 0 Å². The third-order valence-electron chi connectivity index (χ3n) is 6.21. The number of hydrogen-bond acceptors (Lipinski definition) is 6. The van der Waals surface area contributed by atoms with Gasteiger partial charge < -0.3 is 14.6 Å². The Morgan fingerprint density at radius 2 is 1.67 bits per heavy atom. The van der Waals surface area contributed by atoms with Crippen molar-refractivity contribution in [3.8, 4) is 39.4 Å². The third kappa shape index (κ3) is 3.70. The van der Waals surface area contributed by atoms with Crippen LogP contribution in [0.4, 0.5) is 10.1 Å². The number of fused-ring (bicyclic) bond motifs is 2. The van der Waals surface area contributed by atoms with Crippen LogP contribution in [-0.4, -0.2) is 51.3 Å².